The Labute approximate surface area is 167 Å². The Kier molecular flexibility index (Phi) is 5.18. The molecule has 0 unspecified atom stereocenters. The third kappa shape index (κ3) is 3.54. The molecule has 2 aromatic rings. The average molecular weight is 395 g/mol. The van der Waals surface area contributed by atoms with E-state index in [9.17, 15) is 14.9 Å². The molecule has 0 spiro atoms. The predicted octanol–water partition coefficient (Wildman–Crippen LogP) is 1.23. The number of ether oxygens (including phenoxy) is 2. The van der Waals surface area contributed by atoms with Crippen LogP contribution in [-0.4, -0.2) is 48.8 Å². The van der Waals surface area contributed by atoms with Crippen molar-refractivity contribution in [2.24, 2.45) is 5.92 Å². The van der Waals surface area contributed by atoms with Crippen LogP contribution in [0.2, 0.25) is 0 Å². The first-order valence-corrected chi connectivity index (χ1v) is 9.52. The minimum Gasteiger partial charge on any atom is -0.494 e. The number of hydrogen-bond donors (Lipinski definition) is 2. The van der Waals surface area contributed by atoms with E-state index in [0.29, 0.717) is 50.2 Å². The molecule has 2 aliphatic heterocycles. The van der Waals surface area contributed by atoms with Crippen LogP contribution >= 0.6 is 0 Å². The van der Waals surface area contributed by atoms with Crippen LogP contribution in [0, 0.1) is 17.2 Å². The van der Waals surface area contributed by atoms with E-state index >= 15 is 0 Å². The maximum absolute atomic E-state index is 13.0. The second kappa shape index (κ2) is 7.93. The zero-order chi connectivity index (χ0) is 20.4. The normalized spacial score (nSPS) is 21.1. The van der Waals surface area contributed by atoms with Crippen LogP contribution in [0.3, 0.4) is 0 Å². The van der Waals surface area contributed by atoms with Crippen molar-refractivity contribution in [3.8, 4) is 11.8 Å². The van der Waals surface area contributed by atoms with Gasteiger partial charge in [-0.05, 0) is 24.6 Å². The number of nitrogens with zero attached hydrogens (tertiary/aromatic N) is 3. The molecular formula is C20H21N5O4. The molecule has 1 saturated heterocycles. The second-order valence-electron chi connectivity index (χ2n) is 6.83. The molecule has 1 amide bonds. The standard InChI is InChI=1S/C20H21N5O4/c1-2-29-13-5-3-12(4-6-13)15-14(11-21)18(26)22-17-16(15)19(27)24-20(23-17)25-7-9-28-10-8-25/h3-6,14-15H,2,7-10H2,1H3,(H2,22,23,24,26,27)/t14-,15+/m0/s1. The Morgan fingerprint density at radius 3 is 2.66 bits per heavy atom. The smallest absolute Gasteiger partial charge is 0.258 e. The molecular weight excluding hydrogens is 374 g/mol. The molecule has 0 radical (unpaired) electrons. The summed E-state index contributed by atoms with van der Waals surface area (Å²) in [6.07, 6.45) is 0. The third-order valence-electron chi connectivity index (χ3n) is 5.11. The summed E-state index contributed by atoms with van der Waals surface area (Å²) in [5, 5.41) is 12.3. The van der Waals surface area contributed by atoms with Crippen LogP contribution in [0.25, 0.3) is 0 Å². The largest absolute Gasteiger partial charge is 0.494 e. The monoisotopic (exact) mass is 395 g/mol. The topological polar surface area (TPSA) is 120 Å². The highest BCUT2D eigenvalue weighted by molar-refractivity contribution is 5.98. The predicted molar refractivity (Wildman–Crippen MR) is 105 cm³/mol. The van der Waals surface area contributed by atoms with E-state index in [1.807, 2.05) is 17.9 Å². The fraction of sp³-hybridized carbons (Fsp3) is 0.400. The molecule has 4 rings (SSSR count). The van der Waals surface area contributed by atoms with Gasteiger partial charge in [-0.1, -0.05) is 12.1 Å². The number of aromatic nitrogens is 2. The number of fused-ring (bicyclic) bond motifs is 1. The lowest BCUT2D eigenvalue weighted by Gasteiger charge is -2.31. The summed E-state index contributed by atoms with van der Waals surface area (Å²) in [6.45, 7) is 4.69. The van der Waals surface area contributed by atoms with E-state index < -0.39 is 17.7 Å². The van der Waals surface area contributed by atoms with Crippen molar-refractivity contribution in [3.63, 3.8) is 0 Å². The van der Waals surface area contributed by atoms with Gasteiger partial charge < -0.3 is 19.7 Å². The molecule has 1 aromatic heterocycles. The zero-order valence-corrected chi connectivity index (χ0v) is 16.0. The van der Waals surface area contributed by atoms with Gasteiger partial charge in [0.2, 0.25) is 11.9 Å². The molecule has 0 bridgehead atoms. The van der Waals surface area contributed by atoms with Gasteiger partial charge in [-0.2, -0.15) is 10.2 Å². The van der Waals surface area contributed by atoms with Gasteiger partial charge in [-0.15, -0.1) is 0 Å². The van der Waals surface area contributed by atoms with Gasteiger partial charge in [0.15, 0.2) is 0 Å². The first-order chi connectivity index (χ1) is 14.1. The number of benzene rings is 1. The first-order valence-electron chi connectivity index (χ1n) is 9.52. The van der Waals surface area contributed by atoms with E-state index in [-0.39, 0.29) is 16.9 Å². The van der Waals surface area contributed by atoms with Gasteiger partial charge in [0.1, 0.15) is 17.5 Å². The lowest BCUT2D eigenvalue weighted by Crippen LogP contribution is -2.41. The molecule has 9 nitrogen and oxygen atoms in total. The number of H-pyrrole nitrogens is 1. The Hall–Kier alpha value is -3.38. The molecule has 2 N–H and O–H groups in total. The van der Waals surface area contributed by atoms with Gasteiger partial charge >= 0.3 is 0 Å². The molecule has 2 aliphatic rings. The fourth-order valence-corrected chi connectivity index (χ4v) is 3.72. The van der Waals surface area contributed by atoms with E-state index in [2.05, 4.69) is 15.3 Å². The number of nitrogens with one attached hydrogen (secondary N) is 2. The number of carbonyl (C=O) groups excluding carboxylic acids is 1. The number of morpholine rings is 1. The Morgan fingerprint density at radius 2 is 2.00 bits per heavy atom. The van der Waals surface area contributed by atoms with Crippen LogP contribution in [0.1, 0.15) is 24.0 Å². The zero-order valence-electron chi connectivity index (χ0n) is 16.0. The highest BCUT2D eigenvalue weighted by Crippen LogP contribution is 2.38. The lowest BCUT2D eigenvalue weighted by molar-refractivity contribution is -0.119. The van der Waals surface area contributed by atoms with Crippen LogP contribution in [0.15, 0.2) is 29.1 Å². The summed E-state index contributed by atoms with van der Waals surface area (Å²) in [6, 6.07) is 9.12. The maximum Gasteiger partial charge on any atom is 0.258 e. The van der Waals surface area contributed by atoms with Crippen molar-refractivity contribution in [3.05, 3.63) is 45.7 Å². The van der Waals surface area contributed by atoms with Crippen LogP contribution in [0.5, 0.6) is 5.75 Å². The number of amides is 1. The van der Waals surface area contributed by atoms with Crippen molar-refractivity contribution in [1.82, 2.24) is 9.97 Å². The summed E-state index contributed by atoms with van der Waals surface area (Å²) >= 11 is 0. The van der Waals surface area contributed by atoms with Crippen LogP contribution in [-0.2, 0) is 9.53 Å². The summed E-state index contributed by atoms with van der Waals surface area (Å²) < 4.78 is 10.8. The van der Waals surface area contributed by atoms with Crippen molar-refractivity contribution < 1.29 is 14.3 Å². The molecule has 29 heavy (non-hydrogen) atoms. The number of carbonyl (C=O) groups is 1. The summed E-state index contributed by atoms with van der Waals surface area (Å²) in [7, 11) is 0. The van der Waals surface area contributed by atoms with Crippen LogP contribution in [0.4, 0.5) is 11.8 Å². The summed E-state index contributed by atoms with van der Waals surface area (Å²) in [5.74, 6) is -0.944. The summed E-state index contributed by atoms with van der Waals surface area (Å²) in [5.41, 5.74) is 0.607. The van der Waals surface area contributed by atoms with E-state index in [1.54, 1.807) is 24.3 Å². The Morgan fingerprint density at radius 1 is 1.28 bits per heavy atom. The van der Waals surface area contributed by atoms with E-state index in [1.165, 1.54) is 0 Å². The molecule has 1 aromatic carbocycles. The van der Waals surface area contributed by atoms with Gasteiger partial charge in [0, 0.05) is 19.0 Å². The lowest BCUT2D eigenvalue weighted by atomic mass is 9.79. The molecule has 1 fully saturated rings. The average Bonchev–Trinajstić information content (AvgIpc) is 2.74. The highest BCUT2D eigenvalue weighted by atomic mass is 16.5. The van der Waals surface area contributed by atoms with Gasteiger partial charge in [-0.25, -0.2) is 0 Å². The minimum atomic E-state index is -1.03. The fourth-order valence-electron chi connectivity index (χ4n) is 3.72. The van der Waals surface area contributed by atoms with E-state index in [4.69, 9.17) is 9.47 Å². The van der Waals surface area contributed by atoms with Crippen molar-refractivity contribution in [2.75, 3.05) is 43.1 Å². The van der Waals surface area contributed by atoms with E-state index in [0.717, 1.165) is 0 Å². The second-order valence-corrected chi connectivity index (χ2v) is 6.83. The van der Waals surface area contributed by atoms with Crippen LogP contribution < -0.4 is 20.5 Å². The minimum absolute atomic E-state index is 0.200. The summed E-state index contributed by atoms with van der Waals surface area (Å²) in [4.78, 5) is 34.8. The van der Waals surface area contributed by atoms with Gasteiger partial charge in [0.25, 0.3) is 5.56 Å². The Bertz CT molecular complexity index is 1010. The van der Waals surface area contributed by atoms with Crippen molar-refractivity contribution >= 4 is 17.7 Å². The van der Waals surface area contributed by atoms with Gasteiger partial charge in [-0.3, -0.25) is 14.6 Å². The number of hydrogen-bond acceptors (Lipinski definition) is 7. The van der Waals surface area contributed by atoms with Gasteiger partial charge in [0.05, 0.1) is 31.5 Å². The number of aromatic amines is 1. The molecule has 0 saturated carbocycles. The Balaban J connectivity index is 1.78. The third-order valence-corrected chi connectivity index (χ3v) is 5.11. The maximum atomic E-state index is 13.0. The molecule has 150 valence electrons. The number of rotatable bonds is 4. The SMILES string of the molecule is CCOc1ccc([C@H]2c3c(nc(N4CCOCC4)[nH]c3=O)NC(=O)[C@H]2C#N)cc1. The van der Waals surface area contributed by atoms with Crippen molar-refractivity contribution in [2.45, 2.75) is 12.8 Å². The molecule has 3 heterocycles. The van der Waals surface area contributed by atoms with Crippen molar-refractivity contribution in [1.29, 1.82) is 5.26 Å². The quantitative estimate of drug-likeness (QED) is 0.799. The number of nitriles is 1. The molecule has 9 heteroatoms. The number of anilines is 2. The first kappa shape index (κ1) is 19.0. The molecule has 0 aliphatic carbocycles. The highest BCUT2D eigenvalue weighted by Gasteiger charge is 2.40. The molecule has 2 atom stereocenters.